The van der Waals surface area contributed by atoms with Gasteiger partial charge in [0, 0.05) is 38.2 Å². The van der Waals surface area contributed by atoms with Gasteiger partial charge in [-0.15, -0.1) is 0 Å². The molecule has 0 spiro atoms. The van der Waals surface area contributed by atoms with Crippen LogP contribution < -0.4 is 0 Å². The van der Waals surface area contributed by atoms with Crippen molar-refractivity contribution in [3.05, 3.63) is 208 Å². The summed E-state index contributed by atoms with van der Waals surface area (Å²) in [5, 5.41) is 33.9. The molecule has 0 aliphatic rings. The van der Waals surface area contributed by atoms with Crippen molar-refractivity contribution in [1.29, 1.82) is 15.8 Å². The Balaban J connectivity index is 1.35. The SMILES string of the molecule is [C-]#[N+]c1cc(C#N)cc(-c2ccc3c4ccccc4n(-c4cc(-c5c([N+]#[C-])cccc5C(F)(F)F)c(-n5c6ccccc6c6ccc(-c7cc(C#N)cc([N+]#[C-])c7)cc65)cc4C#N)c3c2)c1. The maximum absolute atomic E-state index is 15.4. The molecule has 0 aliphatic carbocycles. The first-order valence-electron chi connectivity index (χ1n) is 20.2. The molecule has 0 atom stereocenters. The minimum atomic E-state index is -4.90. The molecule has 8 nitrogen and oxygen atoms in total. The van der Waals surface area contributed by atoms with Gasteiger partial charge < -0.3 is 9.13 Å². The number of rotatable bonds is 5. The fraction of sp³-hybridized carbons (Fsp3) is 0.0182. The van der Waals surface area contributed by atoms with Crippen LogP contribution in [0.4, 0.5) is 30.2 Å². The quantitative estimate of drug-likeness (QED) is 0.161. The van der Waals surface area contributed by atoms with Gasteiger partial charge in [0.1, 0.15) is 6.07 Å². The lowest BCUT2D eigenvalue weighted by atomic mass is 9.93. The molecular formula is C55H25F3N8. The van der Waals surface area contributed by atoms with E-state index in [4.69, 9.17) is 19.7 Å². The standard InChI is InChI=1S/C55H25F3N8/c1-62-39-21-32(29-59)19-36(23-39)34-15-17-43-41-9-4-6-13-48(41)65(51(43)25-34)50-28-45(54-46(55(56,57)58)11-8-12-47(54)64-3)53(27-38(50)31-61)66-49-14-7-5-10-42(49)44-18-16-35(26-52(44)66)37-20-33(30-60)22-40(24-37)63-2/h4-28H. The van der Waals surface area contributed by atoms with E-state index in [1.54, 1.807) is 41.0 Å². The lowest BCUT2D eigenvalue weighted by Crippen LogP contribution is -2.10. The van der Waals surface area contributed by atoms with Crippen LogP contribution in [-0.4, -0.2) is 9.13 Å². The molecule has 66 heavy (non-hydrogen) atoms. The summed E-state index contributed by atoms with van der Waals surface area (Å²) >= 11 is 0. The number of fused-ring (bicyclic) bond motifs is 6. The van der Waals surface area contributed by atoms with E-state index in [9.17, 15) is 15.8 Å². The van der Waals surface area contributed by atoms with E-state index in [1.807, 2.05) is 89.5 Å². The first-order valence-corrected chi connectivity index (χ1v) is 20.2. The maximum atomic E-state index is 15.4. The highest BCUT2D eigenvalue weighted by molar-refractivity contribution is 6.12. The van der Waals surface area contributed by atoms with Crippen molar-refractivity contribution >= 4 is 60.7 Å². The van der Waals surface area contributed by atoms with Gasteiger partial charge in [-0.3, -0.25) is 0 Å². The molecule has 0 fully saturated rings. The number of nitrogens with zero attached hydrogens (tertiary/aromatic N) is 8. The average molecular weight is 855 g/mol. The van der Waals surface area contributed by atoms with E-state index in [2.05, 4.69) is 32.7 Å². The third-order valence-electron chi connectivity index (χ3n) is 11.8. The Morgan fingerprint density at radius 2 is 0.970 bits per heavy atom. The minimum Gasteiger partial charge on any atom is -0.309 e. The van der Waals surface area contributed by atoms with E-state index in [-0.39, 0.29) is 50.7 Å². The van der Waals surface area contributed by atoms with Crippen molar-refractivity contribution in [2.24, 2.45) is 0 Å². The molecule has 10 aromatic rings. The summed E-state index contributed by atoms with van der Waals surface area (Å²) in [5.41, 5.74) is 4.98. The molecule has 2 heterocycles. The van der Waals surface area contributed by atoms with Gasteiger partial charge in [-0.1, -0.05) is 78.9 Å². The number of nitriles is 3. The summed E-state index contributed by atoms with van der Waals surface area (Å²) < 4.78 is 49.8. The number of hydrogen-bond donors (Lipinski definition) is 0. The first-order chi connectivity index (χ1) is 32.1. The molecule has 0 radical (unpaired) electrons. The van der Waals surface area contributed by atoms with Crippen LogP contribution in [0.5, 0.6) is 0 Å². The lowest BCUT2D eigenvalue weighted by molar-refractivity contribution is -0.137. The van der Waals surface area contributed by atoms with Gasteiger partial charge in [-0.2, -0.15) is 29.0 Å². The molecule has 0 amide bonds. The smallest absolute Gasteiger partial charge is 0.309 e. The second kappa shape index (κ2) is 15.5. The van der Waals surface area contributed by atoms with Gasteiger partial charge in [0.15, 0.2) is 17.1 Å². The lowest BCUT2D eigenvalue weighted by Gasteiger charge is -2.22. The van der Waals surface area contributed by atoms with Crippen LogP contribution in [0.25, 0.3) is 103 Å². The zero-order valence-corrected chi connectivity index (χ0v) is 34.1. The van der Waals surface area contributed by atoms with Gasteiger partial charge in [0.25, 0.3) is 0 Å². The molecular weight excluding hydrogens is 830 g/mol. The predicted molar refractivity (Wildman–Crippen MR) is 249 cm³/mol. The normalized spacial score (nSPS) is 11.2. The molecule has 306 valence electrons. The number of aromatic nitrogens is 2. The van der Waals surface area contributed by atoms with Crippen LogP contribution in [0.15, 0.2) is 152 Å². The van der Waals surface area contributed by atoms with Crippen molar-refractivity contribution in [2.45, 2.75) is 6.18 Å². The molecule has 0 saturated heterocycles. The fourth-order valence-electron chi connectivity index (χ4n) is 9.02. The third-order valence-corrected chi connectivity index (χ3v) is 11.8. The van der Waals surface area contributed by atoms with E-state index < -0.39 is 11.7 Å². The van der Waals surface area contributed by atoms with Crippen LogP contribution in [0.2, 0.25) is 0 Å². The number of halogens is 3. The van der Waals surface area contributed by atoms with Gasteiger partial charge in [-0.05, 0) is 101 Å². The first kappa shape index (κ1) is 40.2. The molecule has 2 aromatic heterocycles. The van der Waals surface area contributed by atoms with Crippen molar-refractivity contribution in [3.63, 3.8) is 0 Å². The molecule has 0 aliphatic heterocycles. The van der Waals surface area contributed by atoms with E-state index >= 15 is 13.2 Å². The highest BCUT2D eigenvalue weighted by Gasteiger charge is 2.36. The summed E-state index contributed by atoms with van der Waals surface area (Å²) in [5.74, 6) is 0. The Hall–Kier alpha value is -9.91. The molecule has 0 unspecified atom stereocenters. The Bertz CT molecular complexity index is 3950. The Labute approximate surface area is 374 Å². The van der Waals surface area contributed by atoms with Gasteiger partial charge in [0.05, 0.1) is 76.4 Å². The number of para-hydroxylation sites is 2. The number of hydrogen-bond acceptors (Lipinski definition) is 3. The monoisotopic (exact) mass is 854 g/mol. The zero-order valence-electron chi connectivity index (χ0n) is 34.1. The zero-order chi connectivity index (χ0) is 45.9. The number of benzene rings is 8. The van der Waals surface area contributed by atoms with E-state index in [1.165, 1.54) is 24.3 Å². The Morgan fingerprint density at radius 3 is 1.45 bits per heavy atom. The van der Waals surface area contributed by atoms with E-state index in [0.29, 0.717) is 49.9 Å². The van der Waals surface area contributed by atoms with Crippen molar-refractivity contribution in [3.8, 4) is 63.0 Å². The van der Waals surface area contributed by atoms with Crippen molar-refractivity contribution in [1.82, 2.24) is 9.13 Å². The summed E-state index contributed by atoms with van der Waals surface area (Å²) in [6, 6.07) is 49.0. The number of alkyl halides is 3. The second-order valence-electron chi connectivity index (χ2n) is 15.5. The molecule has 10 rings (SSSR count). The molecule has 11 heteroatoms. The van der Waals surface area contributed by atoms with Gasteiger partial charge in [0.2, 0.25) is 0 Å². The molecule has 0 N–H and O–H groups in total. The Kier molecular flexibility index (Phi) is 9.41. The Morgan fingerprint density at radius 1 is 0.455 bits per heavy atom. The topological polar surface area (TPSA) is 94.3 Å². The predicted octanol–water partition coefficient (Wildman–Crippen LogP) is 15.2. The highest BCUT2D eigenvalue weighted by atomic mass is 19.4. The van der Waals surface area contributed by atoms with Gasteiger partial charge in [-0.25, -0.2) is 14.5 Å². The summed E-state index contributed by atoms with van der Waals surface area (Å²) in [7, 11) is 0. The summed E-state index contributed by atoms with van der Waals surface area (Å²) in [6.45, 7) is 23.5. The molecule has 8 aromatic carbocycles. The van der Waals surface area contributed by atoms with Crippen LogP contribution in [0.1, 0.15) is 22.3 Å². The van der Waals surface area contributed by atoms with Crippen molar-refractivity contribution < 1.29 is 13.2 Å². The van der Waals surface area contributed by atoms with Crippen LogP contribution >= 0.6 is 0 Å². The minimum absolute atomic E-state index is 0.0308. The molecule has 0 bridgehead atoms. The third kappa shape index (κ3) is 6.42. The van der Waals surface area contributed by atoms with E-state index in [0.717, 1.165) is 27.6 Å². The summed E-state index contributed by atoms with van der Waals surface area (Å²) in [4.78, 5) is 10.8. The fourth-order valence-corrected chi connectivity index (χ4v) is 9.02. The van der Waals surface area contributed by atoms with Crippen LogP contribution in [0.3, 0.4) is 0 Å². The molecule has 0 saturated carbocycles. The largest absolute Gasteiger partial charge is 0.415 e. The maximum Gasteiger partial charge on any atom is 0.415 e. The second-order valence-corrected chi connectivity index (χ2v) is 15.5. The highest BCUT2D eigenvalue weighted by Crippen LogP contribution is 2.48. The van der Waals surface area contributed by atoms with Crippen LogP contribution in [-0.2, 0) is 6.18 Å². The summed E-state index contributed by atoms with van der Waals surface area (Å²) in [6.07, 6.45) is -4.90. The average Bonchev–Trinajstić information content (AvgIpc) is 3.86. The van der Waals surface area contributed by atoms with Crippen LogP contribution in [0, 0.1) is 53.7 Å². The van der Waals surface area contributed by atoms with Gasteiger partial charge >= 0.3 is 6.18 Å². The van der Waals surface area contributed by atoms with Crippen molar-refractivity contribution in [2.75, 3.05) is 0 Å².